The highest BCUT2D eigenvalue weighted by Crippen LogP contribution is 2.19. The molecule has 1 aromatic carbocycles. The van der Waals surface area contributed by atoms with Gasteiger partial charge in [-0.1, -0.05) is 18.2 Å². The number of thioether (sulfide) groups is 1. The molecule has 0 amide bonds. The number of aliphatic hydroxyl groups is 1. The van der Waals surface area contributed by atoms with Gasteiger partial charge in [-0.15, -0.1) is 11.8 Å². The summed E-state index contributed by atoms with van der Waals surface area (Å²) in [7, 11) is 1.93. The Morgan fingerprint density at radius 2 is 2.00 bits per heavy atom. The molecule has 0 aromatic heterocycles. The van der Waals surface area contributed by atoms with Crippen LogP contribution in [-0.2, 0) is 4.79 Å². The average Bonchev–Trinajstić information content (AvgIpc) is 2.35. The predicted octanol–water partition coefficient (Wildman–Crippen LogP) is 2.01. The largest absolute Gasteiger partial charge is 0.382 e. The first-order valence-electron chi connectivity index (χ1n) is 5.53. The molecule has 0 saturated carbocycles. The first kappa shape index (κ1) is 14.1. The van der Waals surface area contributed by atoms with E-state index >= 15 is 0 Å². The van der Waals surface area contributed by atoms with Crippen molar-refractivity contribution in [3.63, 3.8) is 0 Å². The molecule has 0 bridgehead atoms. The summed E-state index contributed by atoms with van der Waals surface area (Å²) in [5, 5.41) is 9.80. The minimum Gasteiger partial charge on any atom is -0.382 e. The van der Waals surface area contributed by atoms with E-state index in [0.717, 1.165) is 5.69 Å². The Labute approximate surface area is 107 Å². The van der Waals surface area contributed by atoms with Crippen LogP contribution in [0, 0.1) is 5.92 Å². The molecule has 0 aliphatic carbocycles. The summed E-state index contributed by atoms with van der Waals surface area (Å²) in [5.41, 5.74) is 0.408. The molecule has 17 heavy (non-hydrogen) atoms. The number of aliphatic hydroxyl groups excluding tert-OH is 1. The summed E-state index contributed by atoms with van der Waals surface area (Å²) in [6.07, 6.45) is 1.81. The predicted molar refractivity (Wildman–Crippen MR) is 73.4 cm³/mol. The van der Waals surface area contributed by atoms with Crippen LogP contribution >= 0.6 is 11.8 Å². The number of nitrogens with zero attached hydrogens (tertiary/aromatic N) is 1. The number of Topliss-reactive ketones (excluding diaryl/α,β-unsaturated/α-hetero) is 1. The van der Waals surface area contributed by atoms with Gasteiger partial charge >= 0.3 is 0 Å². The first-order valence-corrected chi connectivity index (χ1v) is 6.82. The topological polar surface area (TPSA) is 40.5 Å². The van der Waals surface area contributed by atoms with Gasteiger partial charge in [0.05, 0.1) is 5.92 Å². The lowest BCUT2D eigenvalue weighted by atomic mass is 10.1. The molecule has 4 heteroatoms. The highest BCUT2D eigenvalue weighted by molar-refractivity contribution is 7.99. The number of ketones is 1. The van der Waals surface area contributed by atoms with Crippen LogP contribution in [0.15, 0.2) is 30.3 Å². The molecule has 2 atom stereocenters. The van der Waals surface area contributed by atoms with Gasteiger partial charge in [-0.25, -0.2) is 0 Å². The number of benzene rings is 1. The second kappa shape index (κ2) is 6.67. The van der Waals surface area contributed by atoms with Gasteiger partial charge in [0.15, 0.2) is 0 Å². The fraction of sp³-hybridized carbons (Fsp3) is 0.462. The van der Waals surface area contributed by atoms with Crippen molar-refractivity contribution in [3.05, 3.63) is 30.3 Å². The van der Waals surface area contributed by atoms with Crippen molar-refractivity contribution in [1.29, 1.82) is 0 Å². The Morgan fingerprint density at radius 3 is 2.47 bits per heavy atom. The summed E-state index contributed by atoms with van der Waals surface area (Å²) >= 11 is 1.31. The number of rotatable bonds is 6. The van der Waals surface area contributed by atoms with Crippen LogP contribution in [-0.4, -0.2) is 36.2 Å². The van der Waals surface area contributed by atoms with E-state index < -0.39 is 5.44 Å². The number of carbonyl (C=O) groups excluding carboxylic acids is 1. The molecule has 1 N–H and O–H groups in total. The van der Waals surface area contributed by atoms with Crippen LogP contribution in [0.3, 0.4) is 0 Å². The van der Waals surface area contributed by atoms with Crippen molar-refractivity contribution in [2.45, 2.75) is 12.4 Å². The van der Waals surface area contributed by atoms with Crippen LogP contribution in [0.25, 0.3) is 0 Å². The highest BCUT2D eigenvalue weighted by Gasteiger charge is 2.24. The van der Waals surface area contributed by atoms with E-state index in [2.05, 4.69) is 0 Å². The highest BCUT2D eigenvalue weighted by atomic mass is 32.2. The summed E-state index contributed by atoms with van der Waals surface area (Å²) < 4.78 is 0. The zero-order valence-electron chi connectivity index (χ0n) is 10.5. The SMILES string of the molecule is CSC(O)C(CN(C)c1ccccc1)C(C)=O. The molecule has 1 aromatic rings. The second-order valence-electron chi connectivity index (χ2n) is 4.06. The Balaban J connectivity index is 2.71. The summed E-state index contributed by atoms with van der Waals surface area (Å²) in [4.78, 5) is 13.5. The standard InChI is InChI=1S/C13H19NO2S/c1-10(15)12(13(16)17-3)9-14(2)11-7-5-4-6-8-11/h4-8,12-13,16H,9H2,1-3H3. The molecule has 0 fully saturated rings. The van der Waals surface area contributed by atoms with E-state index in [0.29, 0.717) is 6.54 Å². The number of anilines is 1. The lowest BCUT2D eigenvalue weighted by Gasteiger charge is -2.26. The smallest absolute Gasteiger partial charge is 0.138 e. The average molecular weight is 253 g/mol. The van der Waals surface area contributed by atoms with Crippen LogP contribution in [0.2, 0.25) is 0 Å². The fourth-order valence-corrected chi connectivity index (χ4v) is 2.27. The zero-order valence-corrected chi connectivity index (χ0v) is 11.3. The molecule has 3 nitrogen and oxygen atoms in total. The number of para-hydroxylation sites is 1. The molecule has 0 aliphatic heterocycles. The van der Waals surface area contributed by atoms with Gasteiger partial charge in [0.1, 0.15) is 11.2 Å². The molecular formula is C13H19NO2S. The van der Waals surface area contributed by atoms with Gasteiger partial charge in [0.25, 0.3) is 0 Å². The van der Waals surface area contributed by atoms with Crippen molar-refractivity contribution < 1.29 is 9.90 Å². The first-order chi connectivity index (χ1) is 8.06. The molecule has 0 spiro atoms. The van der Waals surface area contributed by atoms with E-state index in [9.17, 15) is 9.90 Å². The van der Waals surface area contributed by atoms with Gasteiger partial charge in [-0.2, -0.15) is 0 Å². The van der Waals surface area contributed by atoms with E-state index in [4.69, 9.17) is 0 Å². The Morgan fingerprint density at radius 1 is 1.41 bits per heavy atom. The Bertz CT molecular complexity index is 356. The Hall–Kier alpha value is -1.00. The van der Waals surface area contributed by atoms with Crippen molar-refractivity contribution >= 4 is 23.2 Å². The van der Waals surface area contributed by atoms with Gasteiger partial charge in [0, 0.05) is 19.3 Å². The third-order valence-electron chi connectivity index (χ3n) is 2.78. The maximum atomic E-state index is 11.5. The maximum absolute atomic E-state index is 11.5. The molecule has 94 valence electrons. The molecule has 2 unspecified atom stereocenters. The third-order valence-corrected chi connectivity index (χ3v) is 3.59. The summed E-state index contributed by atoms with van der Waals surface area (Å²) in [6.45, 7) is 2.06. The molecule has 1 rings (SSSR count). The minimum absolute atomic E-state index is 0.0228. The van der Waals surface area contributed by atoms with Crippen molar-refractivity contribution in [3.8, 4) is 0 Å². The lowest BCUT2D eigenvalue weighted by Crippen LogP contribution is -2.35. The van der Waals surface area contributed by atoms with E-state index in [1.54, 1.807) is 0 Å². The van der Waals surface area contributed by atoms with Crippen LogP contribution in [0.1, 0.15) is 6.92 Å². The van der Waals surface area contributed by atoms with Gasteiger partial charge in [0.2, 0.25) is 0 Å². The fourth-order valence-electron chi connectivity index (χ4n) is 1.67. The normalized spacial score (nSPS) is 14.1. The van der Waals surface area contributed by atoms with E-state index in [1.807, 2.05) is 48.5 Å². The van der Waals surface area contributed by atoms with Crippen LogP contribution in [0.4, 0.5) is 5.69 Å². The number of carbonyl (C=O) groups is 1. The maximum Gasteiger partial charge on any atom is 0.138 e. The molecule has 0 heterocycles. The van der Waals surface area contributed by atoms with Gasteiger partial charge in [-0.05, 0) is 25.3 Å². The summed E-state index contributed by atoms with van der Waals surface area (Å²) in [5.74, 6) is -0.329. The van der Waals surface area contributed by atoms with E-state index in [1.165, 1.54) is 18.7 Å². The lowest BCUT2D eigenvalue weighted by molar-refractivity contribution is -0.122. The zero-order chi connectivity index (χ0) is 12.8. The van der Waals surface area contributed by atoms with Crippen molar-refractivity contribution in [2.24, 2.45) is 5.92 Å². The van der Waals surface area contributed by atoms with E-state index in [-0.39, 0.29) is 11.7 Å². The second-order valence-corrected chi connectivity index (χ2v) is 5.01. The monoisotopic (exact) mass is 253 g/mol. The molecule has 0 saturated heterocycles. The molecular weight excluding hydrogens is 234 g/mol. The van der Waals surface area contributed by atoms with Crippen molar-refractivity contribution in [2.75, 3.05) is 24.7 Å². The molecule has 0 radical (unpaired) electrons. The van der Waals surface area contributed by atoms with Gasteiger partial charge < -0.3 is 10.0 Å². The molecule has 0 aliphatic rings. The Kier molecular flexibility index (Phi) is 5.51. The minimum atomic E-state index is -0.640. The quantitative estimate of drug-likeness (QED) is 0.787. The third kappa shape index (κ3) is 4.06. The number of hydrogen-bond donors (Lipinski definition) is 1. The van der Waals surface area contributed by atoms with Crippen LogP contribution < -0.4 is 4.90 Å². The van der Waals surface area contributed by atoms with Crippen LogP contribution in [0.5, 0.6) is 0 Å². The number of hydrogen-bond acceptors (Lipinski definition) is 4. The van der Waals surface area contributed by atoms with Crippen molar-refractivity contribution in [1.82, 2.24) is 0 Å². The summed E-state index contributed by atoms with van der Waals surface area (Å²) in [6, 6.07) is 9.85. The van der Waals surface area contributed by atoms with Gasteiger partial charge in [-0.3, -0.25) is 4.79 Å².